The van der Waals surface area contributed by atoms with Gasteiger partial charge in [-0.05, 0) is 21.1 Å². The molecule has 0 aromatic heterocycles. The molecule has 0 radical (unpaired) electrons. The standard InChI is InChI=1S/C8H18Si/c1-4-5-6-7-9-8(2)3/h7-9H,4-6H2,1-3H3. The van der Waals surface area contributed by atoms with Crippen molar-refractivity contribution in [1.82, 2.24) is 0 Å². The third-order valence-corrected chi connectivity index (χ3v) is 2.62. The van der Waals surface area contributed by atoms with E-state index >= 15 is 0 Å². The Balaban J connectivity index is 3.04. The molecule has 0 spiro atoms. The van der Waals surface area contributed by atoms with E-state index in [0.29, 0.717) is 9.13 Å². The van der Waals surface area contributed by atoms with E-state index in [-0.39, 0.29) is 0 Å². The lowest BCUT2D eigenvalue weighted by Crippen LogP contribution is -1.88. The van der Waals surface area contributed by atoms with E-state index in [9.17, 15) is 0 Å². The lowest BCUT2D eigenvalue weighted by Gasteiger charge is -1.91. The summed E-state index contributed by atoms with van der Waals surface area (Å²) in [5.74, 6) is 0. The Bertz CT molecular complexity index is 74.6. The number of unbranched alkanes of at least 4 members (excludes halogenated alkanes) is 2. The summed E-state index contributed by atoms with van der Waals surface area (Å²) < 4.78 is 0. The second-order valence-electron chi connectivity index (χ2n) is 2.81. The van der Waals surface area contributed by atoms with Crippen LogP contribution in [0.3, 0.4) is 0 Å². The quantitative estimate of drug-likeness (QED) is 0.417. The van der Waals surface area contributed by atoms with Crippen molar-refractivity contribution >= 4 is 14.8 Å². The molecule has 0 unspecified atom stereocenters. The molecular formula is C8H18Si. The molecule has 54 valence electrons. The fourth-order valence-electron chi connectivity index (χ4n) is 0.690. The first-order chi connectivity index (χ1) is 4.27. The zero-order chi connectivity index (χ0) is 7.11. The second-order valence-corrected chi connectivity index (χ2v) is 5.00. The lowest BCUT2D eigenvalue weighted by atomic mass is 10.3. The van der Waals surface area contributed by atoms with Gasteiger partial charge in [-0.2, -0.15) is 0 Å². The van der Waals surface area contributed by atoms with Crippen LogP contribution >= 0.6 is 0 Å². The monoisotopic (exact) mass is 142 g/mol. The molecule has 0 atom stereocenters. The van der Waals surface area contributed by atoms with Crippen molar-refractivity contribution in [2.75, 3.05) is 0 Å². The normalized spacial score (nSPS) is 11.6. The fraction of sp³-hybridized carbons (Fsp3) is 0.875. The Hall–Kier alpha value is 0.0869. The van der Waals surface area contributed by atoms with Gasteiger partial charge in [0, 0.05) is 0 Å². The third kappa shape index (κ3) is 8.09. The van der Waals surface area contributed by atoms with Crippen LogP contribution in [-0.4, -0.2) is 14.8 Å². The van der Waals surface area contributed by atoms with Crippen molar-refractivity contribution in [3.63, 3.8) is 0 Å². The van der Waals surface area contributed by atoms with Crippen molar-refractivity contribution in [1.29, 1.82) is 0 Å². The van der Waals surface area contributed by atoms with Crippen LogP contribution in [0.5, 0.6) is 0 Å². The van der Waals surface area contributed by atoms with Crippen LogP contribution in [0.2, 0.25) is 5.54 Å². The predicted octanol–water partition coefficient (Wildman–Crippen LogP) is 2.24. The van der Waals surface area contributed by atoms with Gasteiger partial charge < -0.3 is 0 Å². The highest BCUT2D eigenvalue weighted by Crippen LogP contribution is 1.93. The molecule has 0 aromatic rings. The summed E-state index contributed by atoms with van der Waals surface area (Å²) in [6, 6.07) is 0. The maximum absolute atomic E-state index is 2.49. The highest BCUT2D eigenvalue weighted by molar-refractivity contribution is 6.48. The van der Waals surface area contributed by atoms with E-state index in [1.165, 1.54) is 19.3 Å². The van der Waals surface area contributed by atoms with E-state index in [4.69, 9.17) is 0 Å². The Kier molecular flexibility index (Phi) is 6.27. The highest BCUT2D eigenvalue weighted by Gasteiger charge is 1.82. The number of hydrogen-bond acceptors (Lipinski definition) is 0. The molecule has 0 nitrogen and oxygen atoms in total. The minimum atomic E-state index is 0.637. The summed E-state index contributed by atoms with van der Waals surface area (Å²) in [5, 5.41) is 0. The van der Waals surface area contributed by atoms with E-state index in [1.54, 1.807) is 0 Å². The van der Waals surface area contributed by atoms with Gasteiger partial charge in [0.05, 0.1) is 0 Å². The fourth-order valence-corrected chi connectivity index (χ4v) is 1.66. The lowest BCUT2D eigenvalue weighted by molar-refractivity contribution is 0.846. The largest absolute Gasteiger partial charge is 0.106 e. The molecule has 0 bridgehead atoms. The van der Waals surface area contributed by atoms with Crippen LogP contribution in [-0.2, 0) is 0 Å². The van der Waals surface area contributed by atoms with E-state index in [2.05, 4.69) is 26.4 Å². The van der Waals surface area contributed by atoms with Crippen molar-refractivity contribution in [3.8, 4) is 0 Å². The molecule has 0 saturated heterocycles. The van der Waals surface area contributed by atoms with Crippen LogP contribution in [0.4, 0.5) is 0 Å². The van der Waals surface area contributed by atoms with Gasteiger partial charge in [0.1, 0.15) is 0 Å². The van der Waals surface area contributed by atoms with Crippen molar-refractivity contribution < 1.29 is 0 Å². The molecule has 0 amide bonds. The minimum absolute atomic E-state index is 0.637. The first-order valence-electron chi connectivity index (χ1n) is 3.94. The van der Waals surface area contributed by atoms with Crippen molar-refractivity contribution in [2.45, 2.75) is 45.6 Å². The SMILES string of the molecule is CCCCC=[SiH]C(C)C. The topological polar surface area (TPSA) is 0 Å². The van der Waals surface area contributed by atoms with E-state index in [0.717, 1.165) is 5.54 Å². The van der Waals surface area contributed by atoms with Crippen LogP contribution in [0.15, 0.2) is 0 Å². The first-order valence-corrected chi connectivity index (χ1v) is 5.27. The second kappa shape index (κ2) is 6.21. The van der Waals surface area contributed by atoms with Crippen molar-refractivity contribution in [3.05, 3.63) is 0 Å². The molecule has 1 heteroatoms. The Morgan fingerprint density at radius 3 is 2.56 bits per heavy atom. The molecule has 0 rings (SSSR count). The van der Waals surface area contributed by atoms with E-state index < -0.39 is 0 Å². The average Bonchev–Trinajstić information content (AvgIpc) is 1.80. The molecule has 0 aliphatic carbocycles. The summed E-state index contributed by atoms with van der Waals surface area (Å²) in [4.78, 5) is 0. The third-order valence-electron chi connectivity index (χ3n) is 1.25. The maximum atomic E-state index is 2.49. The van der Waals surface area contributed by atoms with Crippen molar-refractivity contribution in [2.24, 2.45) is 0 Å². The van der Waals surface area contributed by atoms with Gasteiger partial charge in [-0.15, -0.1) is 5.67 Å². The molecule has 0 N–H and O–H groups in total. The molecule has 0 aliphatic heterocycles. The summed E-state index contributed by atoms with van der Waals surface area (Å²) in [6.45, 7) is 6.86. The minimum Gasteiger partial charge on any atom is -0.106 e. The van der Waals surface area contributed by atoms with E-state index in [1.807, 2.05) is 0 Å². The van der Waals surface area contributed by atoms with Gasteiger partial charge >= 0.3 is 0 Å². The van der Waals surface area contributed by atoms with Gasteiger partial charge in [0.25, 0.3) is 0 Å². The Morgan fingerprint density at radius 2 is 2.11 bits per heavy atom. The Morgan fingerprint density at radius 1 is 1.44 bits per heavy atom. The van der Waals surface area contributed by atoms with Gasteiger partial charge in [0.2, 0.25) is 0 Å². The smallest absolute Gasteiger partial charge is 0.00917 e. The summed E-state index contributed by atoms with van der Waals surface area (Å²) in [6.07, 6.45) is 4.08. The highest BCUT2D eigenvalue weighted by atomic mass is 28.2. The van der Waals surface area contributed by atoms with Gasteiger partial charge in [-0.25, -0.2) is 0 Å². The molecule has 0 aromatic carbocycles. The number of hydrogen-bond donors (Lipinski definition) is 0. The molecule has 0 saturated carbocycles. The van der Waals surface area contributed by atoms with Crippen LogP contribution in [0.1, 0.15) is 40.0 Å². The number of rotatable bonds is 4. The zero-order valence-electron chi connectivity index (χ0n) is 6.85. The summed E-state index contributed by atoms with van der Waals surface area (Å²) >= 11 is 0. The van der Waals surface area contributed by atoms with Gasteiger partial charge in [0.15, 0.2) is 0 Å². The van der Waals surface area contributed by atoms with Crippen LogP contribution < -0.4 is 0 Å². The zero-order valence-corrected chi connectivity index (χ0v) is 8.01. The Labute approximate surface area is 61.1 Å². The molecule has 0 aliphatic rings. The van der Waals surface area contributed by atoms with Gasteiger partial charge in [-0.1, -0.05) is 33.6 Å². The molecule has 9 heavy (non-hydrogen) atoms. The summed E-state index contributed by atoms with van der Waals surface area (Å²) in [7, 11) is 0.637. The summed E-state index contributed by atoms with van der Waals surface area (Å²) in [5.41, 5.74) is 3.43. The predicted molar refractivity (Wildman–Crippen MR) is 47.8 cm³/mol. The van der Waals surface area contributed by atoms with Crippen LogP contribution in [0, 0.1) is 0 Å². The van der Waals surface area contributed by atoms with Gasteiger partial charge in [-0.3, -0.25) is 0 Å². The first kappa shape index (κ1) is 9.09. The van der Waals surface area contributed by atoms with Crippen LogP contribution in [0.25, 0.3) is 0 Å². The maximum Gasteiger partial charge on any atom is -0.00917 e. The molecule has 0 heterocycles. The molecular weight excluding hydrogens is 124 g/mol. The average molecular weight is 142 g/mol. The molecule has 0 fully saturated rings.